The third-order valence-electron chi connectivity index (χ3n) is 3.07. The molecule has 21 heavy (non-hydrogen) atoms. The minimum absolute atomic E-state index is 0.0269. The van der Waals surface area contributed by atoms with Gasteiger partial charge in [0.05, 0.1) is 30.8 Å². The van der Waals surface area contributed by atoms with Gasteiger partial charge < -0.3 is 9.30 Å². The Morgan fingerprint density at radius 1 is 1.33 bits per heavy atom. The normalized spacial score (nSPS) is 11.0. The van der Waals surface area contributed by atoms with E-state index in [1.807, 2.05) is 11.5 Å². The molecule has 0 saturated heterocycles. The number of hydrogen-bond acceptors (Lipinski definition) is 5. The van der Waals surface area contributed by atoms with Gasteiger partial charge in [-0.3, -0.25) is 0 Å². The number of aryl methyl sites for hydroxylation is 1. The van der Waals surface area contributed by atoms with Gasteiger partial charge in [-0.2, -0.15) is 0 Å². The van der Waals surface area contributed by atoms with E-state index in [2.05, 4.69) is 19.9 Å². The van der Waals surface area contributed by atoms with E-state index in [0.29, 0.717) is 17.1 Å². The van der Waals surface area contributed by atoms with Crippen molar-refractivity contribution in [1.29, 1.82) is 0 Å². The highest BCUT2D eigenvalue weighted by molar-refractivity contribution is 6.28. The molecule has 6 nitrogen and oxygen atoms in total. The number of imidazole rings is 1. The van der Waals surface area contributed by atoms with Gasteiger partial charge in [-0.05, 0) is 24.6 Å². The fourth-order valence-corrected chi connectivity index (χ4v) is 2.21. The van der Waals surface area contributed by atoms with Crippen LogP contribution in [-0.2, 0) is 6.54 Å². The molecule has 0 aliphatic heterocycles. The number of ether oxygens (including phenoxy) is 1. The first-order valence-electron chi connectivity index (χ1n) is 6.22. The Morgan fingerprint density at radius 3 is 2.86 bits per heavy atom. The molecular formula is C13H11ClFN5O. The number of fused-ring (bicyclic) bond motifs is 1. The Morgan fingerprint density at radius 2 is 2.14 bits per heavy atom. The summed E-state index contributed by atoms with van der Waals surface area (Å²) >= 11 is 5.73. The van der Waals surface area contributed by atoms with Crippen LogP contribution in [0.4, 0.5) is 4.39 Å². The number of hydrogen-bond donors (Lipinski definition) is 0. The Balaban J connectivity index is 2.30. The molecule has 0 N–H and O–H groups in total. The van der Waals surface area contributed by atoms with Crippen molar-refractivity contribution in [2.45, 2.75) is 13.5 Å². The van der Waals surface area contributed by atoms with Crippen molar-refractivity contribution < 1.29 is 9.13 Å². The van der Waals surface area contributed by atoms with E-state index < -0.39 is 5.82 Å². The summed E-state index contributed by atoms with van der Waals surface area (Å²) in [6.07, 6.45) is 2.70. The zero-order valence-electron chi connectivity index (χ0n) is 11.3. The number of pyridine rings is 1. The molecule has 3 aromatic heterocycles. The van der Waals surface area contributed by atoms with Crippen LogP contribution in [0.3, 0.4) is 0 Å². The second-order valence-electron chi connectivity index (χ2n) is 4.25. The van der Waals surface area contributed by atoms with Crippen LogP contribution in [0.15, 0.2) is 18.6 Å². The van der Waals surface area contributed by atoms with Crippen LogP contribution in [0.25, 0.3) is 22.4 Å². The van der Waals surface area contributed by atoms with E-state index in [-0.39, 0.29) is 11.0 Å². The summed E-state index contributed by atoms with van der Waals surface area (Å²) in [5.41, 5.74) is 1.74. The van der Waals surface area contributed by atoms with E-state index >= 15 is 0 Å². The van der Waals surface area contributed by atoms with Gasteiger partial charge in [-0.15, -0.1) is 0 Å². The maximum absolute atomic E-state index is 13.9. The maximum Gasteiger partial charge on any atom is 0.242 e. The molecule has 0 unspecified atom stereocenters. The first kappa shape index (κ1) is 13.7. The molecule has 8 heteroatoms. The van der Waals surface area contributed by atoms with E-state index in [9.17, 15) is 4.39 Å². The maximum atomic E-state index is 13.9. The highest BCUT2D eigenvalue weighted by atomic mass is 35.5. The molecule has 0 aliphatic rings. The number of methoxy groups -OCH3 is 1. The average Bonchev–Trinajstić information content (AvgIpc) is 2.91. The standard InChI is InChI=1S/C13H11ClFN5O/c1-3-20-6-17-11-9(20)4-8(18-12(11)21-2)10-7(15)5-16-13(14)19-10/h4-6H,3H2,1-2H3. The largest absolute Gasteiger partial charge is 0.479 e. The van der Waals surface area contributed by atoms with Gasteiger partial charge in [0.15, 0.2) is 11.3 Å². The van der Waals surface area contributed by atoms with Crippen LogP contribution in [0.2, 0.25) is 5.28 Å². The van der Waals surface area contributed by atoms with Gasteiger partial charge in [-0.25, -0.2) is 24.3 Å². The molecule has 0 atom stereocenters. The summed E-state index contributed by atoms with van der Waals surface area (Å²) in [4.78, 5) is 16.0. The van der Waals surface area contributed by atoms with Crippen molar-refractivity contribution in [2.75, 3.05) is 7.11 Å². The second kappa shape index (κ2) is 5.25. The molecule has 0 bridgehead atoms. The van der Waals surface area contributed by atoms with Crippen LogP contribution < -0.4 is 4.74 Å². The molecule has 3 heterocycles. The predicted octanol–water partition coefficient (Wildman–Crippen LogP) is 2.71. The van der Waals surface area contributed by atoms with Gasteiger partial charge in [0.1, 0.15) is 5.69 Å². The Bertz CT molecular complexity index is 820. The third kappa shape index (κ3) is 2.29. The number of nitrogens with zero attached hydrogens (tertiary/aromatic N) is 5. The molecule has 0 aliphatic carbocycles. The number of rotatable bonds is 3. The fraction of sp³-hybridized carbons (Fsp3) is 0.231. The van der Waals surface area contributed by atoms with Crippen LogP contribution in [-0.4, -0.2) is 31.6 Å². The molecule has 0 spiro atoms. The molecule has 108 valence electrons. The van der Waals surface area contributed by atoms with Crippen LogP contribution in [0.1, 0.15) is 6.92 Å². The van der Waals surface area contributed by atoms with Gasteiger partial charge in [0.2, 0.25) is 11.2 Å². The lowest BCUT2D eigenvalue weighted by molar-refractivity contribution is 0.403. The molecule has 3 rings (SSSR count). The summed E-state index contributed by atoms with van der Waals surface area (Å²) in [6, 6.07) is 1.70. The quantitative estimate of drug-likeness (QED) is 0.696. The molecule has 0 radical (unpaired) electrons. The van der Waals surface area contributed by atoms with Crippen LogP contribution in [0.5, 0.6) is 5.88 Å². The van der Waals surface area contributed by atoms with Gasteiger partial charge in [0.25, 0.3) is 0 Å². The minimum Gasteiger partial charge on any atom is -0.479 e. The summed E-state index contributed by atoms with van der Waals surface area (Å²) in [5, 5.41) is -0.0451. The van der Waals surface area contributed by atoms with E-state index in [1.165, 1.54) is 7.11 Å². The van der Waals surface area contributed by atoms with E-state index in [1.54, 1.807) is 12.4 Å². The van der Waals surface area contributed by atoms with Crippen molar-refractivity contribution in [1.82, 2.24) is 24.5 Å². The summed E-state index contributed by atoms with van der Waals surface area (Å²) in [7, 11) is 1.49. The first-order chi connectivity index (χ1) is 10.1. The molecular weight excluding hydrogens is 297 g/mol. The molecule has 0 aromatic carbocycles. The first-order valence-corrected chi connectivity index (χ1v) is 6.60. The SMILES string of the molecule is CCn1cnc2c(OC)nc(-c3nc(Cl)ncc3F)cc21. The highest BCUT2D eigenvalue weighted by Crippen LogP contribution is 2.28. The number of aromatic nitrogens is 5. The van der Waals surface area contributed by atoms with Gasteiger partial charge >= 0.3 is 0 Å². The fourth-order valence-electron chi connectivity index (χ4n) is 2.07. The summed E-state index contributed by atoms with van der Waals surface area (Å²) in [6.45, 7) is 2.70. The molecule has 0 saturated carbocycles. The monoisotopic (exact) mass is 307 g/mol. The van der Waals surface area contributed by atoms with Crippen LogP contribution in [0, 0.1) is 5.82 Å². The third-order valence-corrected chi connectivity index (χ3v) is 3.25. The lowest BCUT2D eigenvalue weighted by Gasteiger charge is -2.07. The average molecular weight is 308 g/mol. The molecule has 3 aromatic rings. The zero-order chi connectivity index (χ0) is 15.0. The second-order valence-corrected chi connectivity index (χ2v) is 4.59. The Kier molecular flexibility index (Phi) is 3.42. The van der Waals surface area contributed by atoms with Crippen molar-refractivity contribution in [2.24, 2.45) is 0 Å². The molecule has 0 fully saturated rings. The van der Waals surface area contributed by atoms with E-state index in [0.717, 1.165) is 18.3 Å². The predicted molar refractivity (Wildman–Crippen MR) is 75.7 cm³/mol. The van der Waals surface area contributed by atoms with Gasteiger partial charge in [0, 0.05) is 6.54 Å². The lowest BCUT2D eigenvalue weighted by Crippen LogP contribution is -1.99. The van der Waals surface area contributed by atoms with Crippen molar-refractivity contribution in [3.05, 3.63) is 29.7 Å². The van der Waals surface area contributed by atoms with Crippen molar-refractivity contribution in [3.63, 3.8) is 0 Å². The zero-order valence-corrected chi connectivity index (χ0v) is 12.1. The number of halogens is 2. The van der Waals surface area contributed by atoms with Crippen LogP contribution >= 0.6 is 11.6 Å². The summed E-state index contributed by atoms with van der Waals surface area (Å²) < 4.78 is 21.1. The van der Waals surface area contributed by atoms with E-state index in [4.69, 9.17) is 16.3 Å². The van der Waals surface area contributed by atoms with Crippen molar-refractivity contribution in [3.8, 4) is 17.3 Å². The summed E-state index contributed by atoms with van der Waals surface area (Å²) in [5.74, 6) is -0.292. The Labute approximate surface area is 124 Å². The van der Waals surface area contributed by atoms with Gasteiger partial charge in [-0.1, -0.05) is 0 Å². The Hall–Kier alpha value is -2.28. The van der Waals surface area contributed by atoms with Crippen molar-refractivity contribution >= 4 is 22.6 Å². The lowest BCUT2D eigenvalue weighted by atomic mass is 10.2. The smallest absolute Gasteiger partial charge is 0.242 e. The minimum atomic E-state index is -0.601. The topological polar surface area (TPSA) is 65.7 Å². The molecule has 0 amide bonds. The highest BCUT2D eigenvalue weighted by Gasteiger charge is 2.16.